The average molecular weight is 441 g/mol. The molecule has 31 heavy (non-hydrogen) atoms. The van der Waals surface area contributed by atoms with Crippen LogP contribution in [0.5, 0.6) is 5.75 Å². The Kier molecular flexibility index (Phi) is 8.08. The van der Waals surface area contributed by atoms with Crippen LogP contribution < -0.4 is 15.4 Å². The topological polar surface area (TPSA) is 102 Å². The van der Waals surface area contributed by atoms with Gasteiger partial charge in [-0.25, -0.2) is 0 Å². The highest BCUT2D eigenvalue weighted by Gasteiger charge is 2.14. The largest absolute Gasteiger partial charge is 0.486 e. The minimum absolute atomic E-state index is 0.143. The number of hydrogen-bond donors (Lipinski definition) is 2. The number of nitrogens with one attached hydrogen (secondary N) is 2. The Hall–Kier alpha value is -3.30. The van der Waals surface area contributed by atoms with Crippen molar-refractivity contribution in [1.82, 2.24) is 15.5 Å². The number of aryl methyl sites for hydroxylation is 1. The molecule has 9 heteroatoms. The fourth-order valence-electron chi connectivity index (χ4n) is 2.66. The molecule has 0 aliphatic rings. The molecule has 162 valence electrons. The molecule has 2 N–H and O–H groups in total. The number of para-hydroxylation sites is 1. The summed E-state index contributed by atoms with van der Waals surface area (Å²) in [6.07, 6.45) is 0.760. The molecule has 1 heterocycles. The zero-order chi connectivity index (χ0) is 22.1. The Morgan fingerprint density at radius 1 is 1.03 bits per heavy atom. The maximum atomic E-state index is 12.4. The predicted octanol–water partition coefficient (Wildman–Crippen LogP) is 3.44. The van der Waals surface area contributed by atoms with Gasteiger partial charge in [0, 0.05) is 31.5 Å². The number of anilines is 1. The lowest BCUT2D eigenvalue weighted by atomic mass is 10.2. The summed E-state index contributed by atoms with van der Waals surface area (Å²) in [4.78, 5) is 24.4. The predicted molar refractivity (Wildman–Crippen MR) is 119 cm³/mol. The van der Waals surface area contributed by atoms with Gasteiger partial charge in [0.1, 0.15) is 12.4 Å². The van der Waals surface area contributed by atoms with E-state index in [0.29, 0.717) is 29.5 Å². The van der Waals surface area contributed by atoms with E-state index in [0.717, 1.165) is 17.7 Å². The highest BCUT2D eigenvalue weighted by Crippen LogP contribution is 2.19. The van der Waals surface area contributed by atoms with Crippen LogP contribution in [0.2, 0.25) is 0 Å². The van der Waals surface area contributed by atoms with Crippen molar-refractivity contribution in [3.63, 3.8) is 0 Å². The lowest BCUT2D eigenvalue weighted by Gasteiger charge is -2.07. The second-order valence-electron chi connectivity index (χ2n) is 6.69. The van der Waals surface area contributed by atoms with Crippen LogP contribution in [-0.4, -0.2) is 42.3 Å². The third-order valence-electron chi connectivity index (χ3n) is 4.34. The first kappa shape index (κ1) is 22.4. The summed E-state index contributed by atoms with van der Waals surface area (Å²) in [6.45, 7) is 3.26. The van der Waals surface area contributed by atoms with Gasteiger partial charge in [0.2, 0.25) is 5.01 Å². The van der Waals surface area contributed by atoms with E-state index in [9.17, 15) is 9.59 Å². The van der Waals surface area contributed by atoms with Gasteiger partial charge in [-0.2, -0.15) is 0 Å². The molecule has 0 saturated carbocycles. The summed E-state index contributed by atoms with van der Waals surface area (Å²) in [5.41, 5.74) is 2.26. The molecular weight excluding hydrogens is 416 g/mol. The van der Waals surface area contributed by atoms with Crippen molar-refractivity contribution in [1.29, 1.82) is 0 Å². The number of methoxy groups -OCH3 is 1. The summed E-state index contributed by atoms with van der Waals surface area (Å²) < 4.78 is 10.7. The molecule has 0 fully saturated rings. The van der Waals surface area contributed by atoms with Crippen LogP contribution in [0.3, 0.4) is 0 Å². The third-order valence-corrected chi connectivity index (χ3v) is 5.24. The second kappa shape index (κ2) is 11.2. The molecule has 0 radical (unpaired) electrons. The zero-order valence-corrected chi connectivity index (χ0v) is 18.2. The van der Waals surface area contributed by atoms with Gasteiger partial charge < -0.3 is 20.1 Å². The molecule has 8 nitrogen and oxygen atoms in total. The fourth-order valence-corrected chi connectivity index (χ4v) is 3.31. The van der Waals surface area contributed by atoms with Crippen molar-refractivity contribution < 1.29 is 19.1 Å². The minimum Gasteiger partial charge on any atom is -0.486 e. The number of ether oxygens (including phenoxy) is 2. The fraction of sp³-hybridized carbons (Fsp3) is 0.273. The van der Waals surface area contributed by atoms with Crippen LogP contribution in [0.4, 0.5) is 5.69 Å². The van der Waals surface area contributed by atoms with Gasteiger partial charge in [-0.15, -0.1) is 10.2 Å². The second-order valence-corrected chi connectivity index (χ2v) is 7.75. The van der Waals surface area contributed by atoms with Gasteiger partial charge >= 0.3 is 0 Å². The van der Waals surface area contributed by atoms with Gasteiger partial charge in [0.15, 0.2) is 5.01 Å². The number of amides is 2. The molecule has 2 amide bonds. The molecule has 3 rings (SSSR count). The van der Waals surface area contributed by atoms with Gasteiger partial charge in [-0.1, -0.05) is 29.5 Å². The van der Waals surface area contributed by atoms with Crippen LogP contribution in [0.1, 0.15) is 37.2 Å². The van der Waals surface area contributed by atoms with E-state index >= 15 is 0 Å². The van der Waals surface area contributed by atoms with E-state index in [1.54, 1.807) is 31.4 Å². The lowest BCUT2D eigenvalue weighted by molar-refractivity contribution is 0.0947. The maximum absolute atomic E-state index is 12.4. The summed E-state index contributed by atoms with van der Waals surface area (Å²) in [7, 11) is 1.63. The summed E-state index contributed by atoms with van der Waals surface area (Å²) >= 11 is 1.17. The van der Waals surface area contributed by atoms with E-state index < -0.39 is 0 Å². The van der Waals surface area contributed by atoms with Crippen LogP contribution in [0.15, 0.2) is 48.5 Å². The number of aromatic nitrogens is 2. The van der Waals surface area contributed by atoms with Crippen LogP contribution in [-0.2, 0) is 11.3 Å². The smallest absolute Gasteiger partial charge is 0.286 e. The van der Waals surface area contributed by atoms with Crippen LogP contribution in [0.25, 0.3) is 0 Å². The van der Waals surface area contributed by atoms with Crippen LogP contribution in [0, 0.1) is 6.92 Å². The van der Waals surface area contributed by atoms with Gasteiger partial charge in [-0.05, 0) is 49.2 Å². The molecule has 3 aromatic rings. The number of rotatable bonds is 10. The molecule has 2 aromatic carbocycles. The quantitative estimate of drug-likeness (QED) is 0.468. The maximum Gasteiger partial charge on any atom is 0.286 e. The van der Waals surface area contributed by atoms with Crippen molar-refractivity contribution in [2.24, 2.45) is 0 Å². The Morgan fingerprint density at radius 3 is 2.55 bits per heavy atom. The molecule has 1 aromatic heterocycles. The van der Waals surface area contributed by atoms with Gasteiger partial charge in [-0.3, -0.25) is 9.59 Å². The lowest BCUT2D eigenvalue weighted by Crippen LogP contribution is -2.25. The first-order valence-electron chi connectivity index (χ1n) is 9.76. The SMILES string of the molecule is COCCCNC(=O)c1ccc(OCc2nnc(C(=O)Nc3ccccc3C)s2)cc1. The van der Waals surface area contributed by atoms with Crippen molar-refractivity contribution in [2.75, 3.05) is 25.6 Å². The third kappa shape index (κ3) is 6.59. The van der Waals surface area contributed by atoms with E-state index in [-0.39, 0.29) is 23.4 Å². The normalized spacial score (nSPS) is 10.5. The van der Waals surface area contributed by atoms with Crippen LogP contribution >= 0.6 is 11.3 Å². The number of carbonyl (C=O) groups excluding carboxylic acids is 2. The molecule has 0 bridgehead atoms. The summed E-state index contributed by atoms with van der Waals surface area (Å²) in [5.74, 6) is 0.145. The number of hydrogen-bond acceptors (Lipinski definition) is 7. The van der Waals surface area contributed by atoms with Crippen molar-refractivity contribution >= 4 is 28.8 Å². The minimum atomic E-state index is -0.307. The average Bonchev–Trinajstić information content (AvgIpc) is 3.26. The standard InChI is InChI=1S/C22H24N4O4S/c1-15-6-3-4-7-18(15)24-21(28)22-26-25-19(31-22)14-30-17-10-8-16(9-11-17)20(27)23-12-5-13-29-2/h3-4,6-11H,5,12-14H2,1-2H3,(H,23,27)(H,24,28). The first-order valence-corrected chi connectivity index (χ1v) is 10.6. The molecular formula is C22H24N4O4S. The number of nitrogens with zero attached hydrogens (tertiary/aromatic N) is 2. The number of benzene rings is 2. The Balaban J connectivity index is 1.49. The monoisotopic (exact) mass is 440 g/mol. The van der Waals surface area contributed by atoms with Crippen molar-refractivity contribution in [2.45, 2.75) is 20.0 Å². The molecule has 0 aliphatic heterocycles. The molecule has 0 saturated heterocycles. The molecule has 0 unspecified atom stereocenters. The van der Waals surface area contributed by atoms with E-state index in [2.05, 4.69) is 20.8 Å². The molecule has 0 spiro atoms. The molecule has 0 atom stereocenters. The van der Waals surface area contributed by atoms with Crippen molar-refractivity contribution in [3.05, 3.63) is 69.7 Å². The van der Waals surface area contributed by atoms with Gasteiger partial charge in [0.25, 0.3) is 11.8 Å². The highest BCUT2D eigenvalue weighted by molar-refractivity contribution is 7.13. The van der Waals surface area contributed by atoms with Gasteiger partial charge in [0.05, 0.1) is 0 Å². The zero-order valence-electron chi connectivity index (χ0n) is 17.4. The summed E-state index contributed by atoms with van der Waals surface area (Å²) in [6, 6.07) is 14.4. The van der Waals surface area contributed by atoms with E-state index in [4.69, 9.17) is 9.47 Å². The van der Waals surface area contributed by atoms with E-state index in [1.807, 2.05) is 31.2 Å². The van der Waals surface area contributed by atoms with E-state index in [1.165, 1.54) is 11.3 Å². The number of carbonyl (C=O) groups is 2. The Labute approximate surface area is 184 Å². The Bertz CT molecular complexity index is 1020. The molecule has 0 aliphatic carbocycles. The summed E-state index contributed by atoms with van der Waals surface area (Å²) in [5, 5.41) is 14.5. The highest BCUT2D eigenvalue weighted by atomic mass is 32.1. The first-order chi connectivity index (χ1) is 15.1. The Morgan fingerprint density at radius 2 is 1.81 bits per heavy atom. The van der Waals surface area contributed by atoms with Crippen molar-refractivity contribution in [3.8, 4) is 5.75 Å².